The Morgan fingerprint density at radius 1 is 1.48 bits per heavy atom. The maximum absolute atomic E-state index is 11.1. The maximum atomic E-state index is 11.1. The molecule has 0 radical (unpaired) electrons. The number of nitro groups is 1. The van der Waals surface area contributed by atoms with Gasteiger partial charge in [0.05, 0.1) is 4.92 Å². The van der Waals surface area contributed by atoms with Gasteiger partial charge < -0.3 is 5.43 Å². The molecule has 0 unspecified atom stereocenters. The third-order valence-corrected chi connectivity index (χ3v) is 3.90. The van der Waals surface area contributed by atoms with Gasteiger partial charge in [-0.15, -0.1) is 0 Å². The van der Waals surface area contributed by atoms with Crippen molar-refractivity contribution < 1.29 is 4.92 Å². The minimum atomic E-state index is -0.395. The lowest BCUT2D eigenvalue weighted by molar-refractivity contribution is -0.384. The molecule has 0 heterocycles. The van der Waals surface area contributed by atoms with Crippen LogP contribution in [0, 0.1) is 16.0 Å². The van der Waals surface area contributed by atoms with Crippen LogP contribution in [0.15, 0.2) is 18.2 Å². The molecule has 0 bridgehead atoms. The van der Waals surface area contributed by atoms with Crippen LogP contribution in [0.3, 0.4) is 0 Å². The van der Waals surface area contributed by atoms with Crippen LogP contribution < -0.4 is 11.3 Å². The molecule has 1 aliphatic rings. The van der Waals surface area contributed by atoms with Crippen molar-refractivity contribution in [1.82, 2.24) is 4.90 Å². The molecule has 0 aromatic heterocycles. The molecule has 1 fully saturated rings. The fraction of sp³-hybridized carbons (Fsp3) is 0.600. The number of nitrogens with zero attached hydrogens (tertiary/aromatic N) is 2. The first-order valence-corrected chi connectivity index (χ1v) is 7.50. The van der Waals surface area contributed by atoms with E-state index in [-0.39, 0.29) is 5.69 Å². The average molecular weight is 292 g/mol. The summed E-state index contributed by atoms with van der Waals surface area (Å²) in [7, 11) is 0. The standard InChI is InChI=1S/C15H24N4O2/c1-11(2)8-9-18(13-6-7-13)10-12-4-3-5-14(19(20)21)15(12)17-16/h3-5,11,13,17H,6-10,16H2,1-2H3. The molecule has 1 aliphatic carbocycles. The van der Waals surface area contributed by atoms with Crippen molar-refractivity contribution in [2.75, 3.05) is 12.0 Å². The van der Waals surface area contributed by atoms with Gasteiger partial charge in [0.2, 0.25) is 0 Å². The number of rotatable bonds is 8. The van der Waals surface area contributed by atoms with Crippen LogP contribution in [0.4, 0.5) is 11.4 Å². The van der Waals surface area contributed by atoms with Crippen LogP contribution >= 0.6 is 0 Å². The van der Waals surface area contributed by atoms with E-state index >= 15 is 0 Å². The summed E-state index contributed by atoms with van der Waals surface area (Å²) in [4.78, 5) is 13.1. The van der Waals surface area contributed by atoms with Gasteiger partial charge in [-0.1, -0.05) is 26.0 Å². The quantitative estimate of drug-likeness (QED) is 0.437. The molecule has 1 aromatic rings. The second kappa shape index (κ2) is 6.87. The van der Waals surface area contributed by atoms with E-state index in [2.05, 4.69) is 24.2 Å². The van der Waals surface area contributed by atoms with Gasteiger partial charge in [-0.05, 0) is 37.3 Å². The third-order valence-electron chi connectivity index (χ3n) is 3.90. The summed E-state index contributed by atoms with van der Waals surface area (Å²) in [5, 5.41) is 11.1. The van der Waals surface area contributed by atoms with E-state index < -0.39 is 4.92 Å². The van der Waals surface area contributed by atoms with E-state index in [1.54, 1.807) is 6.07 Å². The Hall–Kier alpha value is -1.66. The van der Waals surface area contributed by atoms with Crippen molar-refractivity contribution in [3.8, 4) is 0 Å². The van der Waals surface area contributed by atoms with Gasteiger partial charge in [-0.25, -0.2) is 0 Å². The molecule has 0 aliphatic heterocycles. The number of nitrogens with two attached hydrogens (primary N) is 1. The van der Waals surface area contributed by atoms with Crippen LogP contribution in [0.1, 0.15) is 38.7 Å². The predicted octanol–water partition coefficient (Wildman–Crippen LogP) is 2.89. The topological polar surface area (TPSA) is 84.4 Å². The highest BCUT2D eigenvalue weighted by molar-refractivity contribution is 5.65. The molecule has 6 heteroatoms. The Labute approximate surface area is 125 Å². The minimum Gasteiger partial charge on any atom is -0.318 e. The lowest BCUT2D eigenvalue weighted by atomic mass is 10.1. The van der Waals surface area contributed by atoms with Crippen molar-refractivity contribution >= 4 is 11.4 Å². The summed E-state index contributed by atoms with van der Waals surface area (Å²) in [5.41, 5.74) is 3.86. The second-order valence-electron chi connectivity index (χ2n) is 6.10. The maximum Gasteiger partial charge on any atom is 0.293 e. The highest BCUT2D eigenvalue weighted by Gasteiger charge is 2.30. The summed E-state index contributed by atoms with van der Waals surface area (Å²) in [6.45, 7) is 6.16. The van der Waals surface area contributed by atoms with Gasteiger partial charge in [-0.2, -0.15) is 0 Å². The molecule has 3 N–H and O–H groups in total. The van der Waals surface area contributed by atoms with E-state index in [1.807, 2.05) is 6.07 Å². The Kier molecular flexibility index (Phi) is 5.14. The Balaban J connectivity index is 2.16. The number of anilines is 1. The van der Waals surface area contributed by atoms with Crippen molar-refractivity contribution in [3.05, 3.63) is 33.9 Å². The van der Waals surface area contributed by atoms with Crippen molar-refractivity contribution in [3.63, 3.8) is 0 Å². The monoisotopic (exact) mass is 292 g/mol. The van der Waals surface area contributed by atoms with Gasteiger partial charge in [-0.3, -0.25) is 20.9 Å². The molecule has 21 heavy (non-hydrogen) atoms. The number of nitro benzene ring substituents is 1. The first kappa shape index (κ1) is 15.7. The smallest absolute Gasteiger partial charge is 0.293 e. The van der Waals surface area contributed by atoms with E-state index in [9.17, 15) is 10.1 Å². The van der Waals surface area contributed by atoms with Gasteiger partial charge in [0.1, 0.15) is 5.69 Å². The van der Waals surface area contributed by atoms with Gasteiger partial charge in [0.15, 0.2) is 0 Å². The Morgan fingerprint density at radius 2 is 2.19 bits per heavy atom. The minimum absolute atomic E-state index is 0.0367. The van der Waals surface area contributed by atoms with Crippen LogP contribution in [0.5, 0.6) is 0 Å². The van der Waals surface area contributed by atoms with Crippen molar-refractivity contribution in [1.29, 1.82) is 0 Å². The molecular formula is C15H24N4O2. The number of nitrogens with one attached hydrogen (secondary N) is 1. The molecule has 2 rings (SSSR count). The summed E-state index contributed by atoms with van der Waals surface area (Å²) in [6.07, 6.45) is 3.58. The number of hydrogen-bond acceptors (Lipinski definition) is 5. The Morgan fingerprint density at radius 3 is 2.71 bits per heavy atom. The van der Waals surface area contributed by atoms with E-state index in [4.69, 9.17) is 5.84 Å². The summed E-state index contributed by atoms with van der Waals surface area (Å²) < 4.78 is 0. The van der Waals surface area contributed by atoms with Gasteiger partial charge in [0.25, 0.3) is 5.69 Å². The first-order valence-electron chi connectivity index (χ1n) is 7.50. The molecule has 0 atom stereocenters. The summed E-state index contributed by atoms with van der Waals surface area (Å²) >= 11 is 0. The Bertz CT molecular complexity index is 500. The zero-order chi connectivity index (χ0) is 15.4. The SMILES string of the molecule is CC(C)CCN(Cc1cccc([N+](=O)[O-])c1NN)C1CC1. The first-order chi connectivity index (χ1) is 10.0. The average Bonchev–Trinajstić information content (AvgIpc) is 3.27. The van der Waals surface area contributed by atoms with Crippen molar-refractivity contribution in [2.24, 2.45) is 11.8 Å². The fourth-order valence-electron chi connectivity index (χ4n) is 2.51. The van der Waals surface area contributed by atoms with Gasteiger partial charge in [0, 0.05) is 18.7 Å². The molecule has 0 amide bonds. The van der Waals surface area contributed by atoms with Crippen LogP contribution in [-0.2, 0) is 6.54 Å². The molecule has 1 aromatic carbocycles. The van der Waals surface area contributed by atoms with Crippen molar-refractivity contribution in [2.45, 2.75) is 45.7 Å². The highest BCUT2D eigenvalue weighted by Crippen LogP contribution is 2.33. The zero-order valence-corrected chi connectivity index (χ0v) is 12.7. The number of hydrogen-bond donors (Lipinski definition) is 2. The second-order valence-corrected chi connectivity index (χ2v) is 6.10. The number of nitrogen functional groups attached to an aromatic ring is 1. The molecule has 6 nitrogen and oxygen atoms in total. The predicted molar refractivity (Wildman–Crippen MR) is 83.8 cm³/mol. The molecule has 0 spiro atoms. The lowest BCUT2D eigenvalue weighted by Crippen LogP contribution is -2.28. The van der Waals surface area contributed by atoms with E-state index in [0.29, 0.717) is 24.2 Å². The number of para-hydroxylation sites is 1. The molecule has 116 valence electrons. The molecule has 0 saturated heterocycles. The van der Waals surface area contributed by atoms with Crippen LogP contribution in [0.2, 0.25) is 0 Å². The van der Waals surface area contributed by atoms with E-state index in [0.717, 1.165) is 18.5 Å². The van der Waals surface area contributed by atoms with Crippen LogP contribution in [0.25, 0.3) is 0 Å². The lowest BCUT2D eigenvalue weighted by Gasteiger charge is -2.24. The number of benzene rings is 1. The highest BCUT2D eigenvalue weighted by atomic mass is 16.6. The molecular weight excluding hydrogens is 268 g/mol. The zero-order valence-electron chi connectivity index (χ0n) is 12.7. The summed E-state index contributed by atoms with van der Waals surface area (Å²) in [5.74, 6) is 6.16. The van der Waals surface area contributed by atoms with Gasteiger partial charge >= 0.3 is 0 Å². The fourth-order valence-corrected chi connectivity index (χ4v) is 2.51. The normalized spacial score (nSPS) is 14.7. The largest absolute Gasteiger partial charge is 0.318 e. The van der Waals surface area contributed by atoms with Crippen LogP contribution in [-0.4, -0.2) is 22.4 Å². The third kappa shape index (κ3) is 4.15. The van der Waals surface area contributed by atoms with E-state index in [1.165, 1.54) is 18.9 Å². The summed E-state index contributed by atoms with van der Waals surface area (Å²) in [6, 6.07) is 5.73. The number of hydrazine groups is 1. The molecule has 1 saturated carbocycles.